The maximum Gasteiger partial charge on any atom is 0.240 e. The Morgan fingerprint density at radius 1 is 1.32 bits per heavy atom. The van der Waals surface area contributed by atoms with Gasteiger partial charge in [-0.05, 0) is 36.5 Å². The molecule has 1 aromatic rings. The van der Waals surface area contributed by atoms with Crippen molar-refractivity contribution in [2.75, 3.05) is 12.4 Å². The maximum atomic E-state index is 12.2. The zero-order valence-electron chi connectivity index (χ0n) is 10.5. The predicted molar refractivity (Wildman–Crippen MR) is 81.0 cm³/mol. The van der Waals surface area contributed by atoms with Gasteiger partial charge in [0.2, 0.25) is 10.0 Å². The molecule has 1 aliphatic rings. The van der Waals surface area contributed by atoms with E-state index in [1.165, 1.54) is 0 Å². The standard InChI is InChI=1S/C13H17BrClNO2S/c14-11-4-3-5-12(8-11)19(17,18)16-10-13(9-15)6-1-2-7-13/h3-5,8,16H,1-2,6-7,9-10H2. The van der Waals surface area contributed by atoms with Crippen LogP contribution in [0.4, 0.5) is 0 Å². The number of hydrogen-bond donors (Lipinski definition) is 1. The number of rotatable bonds is 5. The lowest BCUT2D eigenvalue weighted by Crippen LogP contribution is -2.37. The summed E-state index contributed by atoms with van der Waals surface area (Å²) in [5.74, 6) is 0.508. The lowest BCUT2D eigenvalue weighted by Gasteiger charge is -2.26. The summed E-state index contributed by atoms with van der Waals surface area (Å²) < 4.78 is 27.9. The topological polar surface area (TPSA) is 46.2 Å². The van der Waals surface area contributed by atoms with Gasteiger partial charge in [0.1, 0.15) is 0 Å². The normalized spacial score (nSPS) is 18.6. The van der Waals surface area contributed by atoms with Gasteiger partial charge in [0, 0.05) is 16.9 Å². The molecule has 0 atom stereocenters. The minimum atomic E-state index is -3.46. The Morgan fingerprint density at radius 3 is 2.58 bits per heavy atom. The van der Waals surface area contributed by atoms with Gasteiger partial charge in [-0.2, -0.15) is 0 Å². The number of hydrogen-bond acceptors (Lipinski definition) is 2. The van der Waals surface area contributed by atoms with E-state index in [9.17, 15) is 8.42 Å². The van der Waals surface area contributed by atoms with Crippen LogP contribution in [-0.2, 0) is 10.0 Å². The van der Waals surface area contributed by atoms with Crippen LogP contribution >= 0.6 is 27.5 Å². The van der Waals surface area contributed by atoms with Crippen molar-refractivity contribution in [1.29, 1.82) is 0 Å². The van der Waals surface area contributed by atoms with Crippen LogP contribution in [0.5, 0.6) is 0 Å². The molecule has 3 nitrogen and oxygen atoms in total. The Balaban J connectivity index is 2.09. The summed E-state index contributed by atoms with van der Waals surface area (Å²) in [5.41, 5.74) is -0.0688. The van der Waals surface area contributed by atoms with Gasteiger partial charge < -0.3 is 0 Å². The highest BCUT2D eigenvalue weighted by Crippen LogP contribution is 2.38. The second kappa shape index (κ2) is 6.12. The predicted octanol–water partition coefficient (Wildman–Crippen LogP) is 3.53. The van der Waals surface area contributed by atoms with Gasteiger partial charge in [-0.1, -0.05) is 34.8 Å². The Hall–Kier alpha value is -0.100. The van der Waals surface area contributed by atoms with Crippen LogP contribution in [0.25, 0.3) is 0 Å². The van der Waals surface area contributed by atoms with Crippen molar-refractivity contribution in [3.8, 4) is 0 Å². The van der Waals surface area contributed by atoms with Crippen LogP contribution in [0.3, 0.4) is 0 Å². The van der Waals surface area contributed by atoms with Gasteiger partial charge >= 0.3 is 0 Å². The molecule has 0 saturated heterocycles. The van der Waals surface area contributed by atoms with Crippen molar-refractivity contribution in [2.24, 2.45) is 5.41 Å². The lowest BCUT2D eigenvalue weighted by atomic mass is 9.89. The van der Waals surface area contributed by atoms with Crippen LogP contribution in [0.1, 0.15) is 25.7 Å². The second-order valence-electron chi connectivity index (χ2n) is 5.12. The number of sulfonamides is 1. The molecule has 0 spiro atoms. The molecule has 0 amide bonds. The number of benzene rings is 1. The third-order valence-electron chi connectivity index (χ3n) is 3.69. The van der Waals surface area contributed by atoms with E-state index in [0.29, 0.717) is 12.4 Å². The molecule has 0 aromatic heterocycles. The minimum Gasteiger partial charge on any atom is -0.211 e. The Kier molecular flexibility index (Phi) is 4.93. The average Bonchev–Trinajstić information content (AvgIpc) is 2.86. The van der Waals surface area contributed by atoms with E-state index in [-0.39, 0.29) is 10.3 Å². The summed E-state index contributed by atoms with van der Waals surface area (Å²) in [4.78, 5) is 0.282. The minimum absolute atomic E-state index is 0.0688. The lowest BCUT2D eigenvalue weighted by molar-refractivity contribution is 0.342. The smallest absolute Gasteiger partial charge is 0.211 e. The average molecular weight is 367 g/mol. The van der Waals surface area contributed by atoms with E-state index in [1.54, 1.807) is 24.3 Å². The number of alkyl halides is 1. The molecule has 0 bridgehead atoms. The fourth-order valence-electron chi connectivity index (χ4n) is 2.45. The monoisotopic (exact) mass is 365 g/mol. The van der Waals surface area contributed by atoms with Crippen LogP contribution in [0, 0.1) is 5.41 Å². The third kappa shape index (κ3) is 3.72. The van der Waals surface area contributed by atoms with Crippen molar-refractivity contribution < 1.29 is 8.42 Å². The van der Waals surface area contributed by atoms with Crippen molar-refractivity contribution >= 4 is 37.6 Å². The first kappa shape index (κ1) is 15.3. The summed E-state index contributed by atoms with van der Waals surface area (Å²) in [7, 11) is -3.46. The van der Waals surface area contributed by atoms with Crippen LogP contribution < -0.4 is 4.72 Å². The summed E-state index contributed by atoms with van der Waals surface area (Å²) in [6.45, 7) is 0.422. The summed E-state index contributed by atoms with van der Waals surface area (Å²) in [6, 6.07) is 6.71. The van der Waals surface area contributed by atoms with Gasteiger partial charge in [0.25, 0.3) is 0 Å². The van der Waals surface area contributed by atoms with E-state index in [4.69, 9.17) is 11.6 Å². The summed E-state index contributed by atoms with van der Waals surface area (Å²) >= 11 is 9.31. The zero-order chi connectivity index (χ0) is 13.9. The zero-order valence-corrected chi connectivity index (χ0v) is 13.7. The van der Waals surface area contributed by atoms with Crippen LogP contribution in [0.15, 0.2) is 33.6 Å². The highest BCUT2D eigenvalue weighted by molar-refractivity contribution is 9.10. The van der Waals surface area contributed by atoms with E-state index < -0.39 is 10.0 Å². The highest BCUT2D eigenvalue weighted by Gasteiger charge is 2.34. The molecule has 2 rings (SSSR count). The second-order valence-corrected chi connectivity index (χ2v) is 8.07. The van der Waals surface area contributed by atoms with Crippen LogP contribution in [-0.4, -0.2) is 20.8 Å². The molecule has 0 unspecified atom stereocenters. The Morgan fingerprint density at radius 2 is 2.00 bits per heavy atom. The molecule has 1 saturated carbocycles. The fraction of sp³-hybridized carbons (Fsp3) is 0.538. The molecule has 1 aromatic carbocycles. The first-order valence-corrected chi connectivity index (χ1v) is 9.10. The number of halogens is 2. The first-order chi connectivity index (χ1) is 8.97. The molecule has 1 aliphatic carbocycles. The van der Waals surface area contributed by atoms with Gasteiger partial charge in [-0.15, -0.1) is 11.6 Å². The molecule has 1 N–H and O–H groups in total. The Labute approximate surface area is 127 Å². The van der Waals surface area contributed by atoms with Crippen molar-refractivity contribution in [3.05, 3.63) is 28.7 Å². The van der Waals surface area contributed by atoms with E-state index in [0.717, 1.165) is 30.2 Å². The van der Waals surface area contributed by atoms with Gasteiger partial charge in [-0.25, -0.2) is 13.1 Å². The van der Waals surface area contributed by atoms with E-state index in [1.807, 2.05) is 0 Å². The molecule has 6 heteroatoms. The summed E-state index contributed by atoms with van der Waals surface area (Å²) in [6.07, 6.45) is 4.26. The molecule has 106 valence electrons. The molecular weight excluding hydrogens is 350 g/mol. The molecule has 1 fully saturated rings. The van der Waals surface area contributed by atoms with Crippen molar-refractivity contribution in [2.45, 2.75) is 30.6 Å². The molecule has 19 heavy (non-hydrogen) atoms. The van der Waals surface area contributed by atoms with Crippen molar-refractivity contribution in [3.63, 3.8) is 0 Å². The molecule has 0 heterocycles. The first-order valence-electron chi connectivity index (χ1n) is 6.29. The van der Waals surface area contributed by atoms with Crippen molar-refractivity contribution in [1.82, 2.24) is 4.72 Å². The highest BCUT2D eigenvalue weighted by atomic mass is 79.9. The van der Waals surface area contributed by atoms with E-state index in [2.05, 4.69) is 20.7 Å². The number of nitrogens with one attached hydrogen (secondary N) is 1. The van der Waals surface area contributed by atoms with Crippen LogP contribution in [0.2, 0.25) is 0 Å². The largest absolute Gasteiger partial charge is 0.240 e. The van der Waals surface area contributed by atoms with E-state index >= 15 is 0 Å². The Bertz CT molecular complexity index is 541. The van der Waals surface area contributed by atoms with Gasteiger partial charge in [-0.3, -0.25) is 0 Å². The SMILES string of the molecule is O=S(=O)(NCC1(CCl)CCCC1)c1cccc(Br)c1. The molecular formula is C13H17BrClNO2S. The molecule has 0 aliphatic heterocycles. The fourth-order valence-corrected chi connectivity index (χ4v) is 4.56. The maximum absolute atomic E-state index is 12.2. The van der Waals surface area contributed by atoms with Gasteiger partial charge in [0.05, 0.1) is 4.90 Å². The quantitative estimate of drug-likeness (QED) is 0.810. The summed E-state index contributed by atoms with van der Waals surface area (Å²) in [5, 5.41) is 0. The molecule has 0 radical (unpaired) electrons. The van der Waals surface area contributed by atoms with Gasteiger partial charge in [0.15, 0.2) is 0 Å². The third-order valence-corrected chi connectivity index (χ3v) is 6.15.